The van der Waals surface area contributed by atoms with Gasteiger partial charge in [-0.15, -0.1) is 11.3 Å². The average Bonchev–Trinajstić information content (AvgIpc) is 3.09. The van der Waals surface area contributed by atoms with E-state index in [2.05, 4.69) is 10.3 Å². The van der Waals surface area contributed by atoms with E-state index in [4.69, 9.17) is 4.42 Å². The van der Waals surface area contributed by atoms with E-state index < -0.39 is 12.0 Å². The predicted octanol–water partition coefficient (Wildman–Crippen LogP) is 1.26. The summed E-state index contributed by atoms with van der Waals surface area (Å²) in [6.45, 7) is 2.55. The lowest BCUT2D eigenvalue weighted by molar-refractivity contribution is -0.144. The molecular weight excluding hydrogens is 278 g/mol. The number of hydrogen-bond donors (Lipinski definition) is 2. The summed E-state index contributed by atoms with van der Waals surface area (Å²) in [5.74, 6) is -0.0463. The Kier molecular flexibility index (Phi) is 3.81. The summed E-state index contributed by atoms with van der Waals surface area (Å²) in [5.41, 5.74) is 0.884. The number of carboxylic acid groups (broad SMARTS) is 1. The smallest absolute Gasteiger partial charge is 0.322 e. The molecule has 0 bridgehead atoms. The van der Waals surface area contributed by atoms with Gasteiger partial charge in [-0.2, -0.15) is 0 Å². The zero-order valence-electron chi connectivity index (χ0n) is 10.8. The molecule has 1 fully saturated rings. The van der Waals surface area contributed by atoms with E-state index in [9.17, 15) is 9.90 Å². The minimum Gasteiger partial charge on any atom is -0.480 e. The molecule has 0 radical (unpaired) electrons. The fourth-order valence-corrected chi connectivity index (χ4v) is 3.06. The Labute approximate surface area is 120 Å². The third-order valence-electron chi connectivity index (χ3n) is 3.29. The van der Waals surface area contributed by atoms with Crippen LogP contribution in [0.5, 0.6) is 0 Å². The fraction of sp³-hybridized carbons (Fsp3) is 0.385. The number of thiazole rings is 1. The zero-order valence-corrected chi connectivity index (χ0v) is 11.6. The molecule has 2 N–H and O–H groups in total. The third kappa shape index (κ3) is 2.74. The Morgan fingerprint density at radius 2 is 2.55 bits per heavy atom. The van der Waals surface area contributed by atoms with Crippen LogP contribution < -0.4 is 5.32 Å². The third-order valence-corrected chi connectivity index (χ3v) is 4.19. The van der Waals surface area contributed by atoms with E-state index in [0.717, 1.165) is 23.0 Å². The molecular formula is C13H15N3O3S. The van der Waals surface area contributed by atoms with Crippen molar-refractivity contribution in [3.05, 3.63) is 29.5 Å². The number of carbonyl (C=O) groups is 1. The van der Waals surface area contributed by atoms with Gasteiger partial charge >= 0.3 is 5.97 Å². The van der Waals surface area contributed by atoms with E-state index in [1.54, 1.807) is 6.26 Å². The maximum Gasteiger partial charge on any atom is 0.322 e. The molecule has 2 aromatic heterocycles. The number of rotatable bonds is 4. The summed E-state index contributed by atoms with van der Waals surface area (Å²) < 4.78 is 5.31. The van der Waals surface area contributed by atoms with Gasteiger partial charge < -0.3 is 14.8 Å². The summed E-state index contributed by atoms with van der Waals surface area (Å²) in [4.78, 5) is 17.7. The lowest BCUT2D eigenvalue weighted by atomic mass is 10.2. The van der Waals surface area contributed by atoms with Crippen LogP contribution in [0.1, 0.15) is 5.69 Å². The number of carboxylic acids is 1. The van der Waals surface area contributed by atoms with E-state index in [0.29, 0.717) is 19.6 Å². The largest absolute Gasteiger partial charge is 0.480 e. The van der Waals surface area contributed by atoms with Crippen molar-refractivity contribution in [1.29, 1.82) is 0 Å². The first kappa shape index (κ1) is 13.3. The number of furan rings is 1. The van der Waals surface area contributed by atoms with Crippen LogP contribution in [0.4, 0.5) is 0 Å². The Morgan fingerprint density at radius 3 is 3.30 bits per heavy atom. The molecule has 1 saturated heterocycles. The van der Waals surface area contributed by atoms with Gasteiger partial charge in [0.15, 0.2) is 10.8 Å². The van der Waals surface area contributed by atoms with Crippen LogP contribution in [-0.2, 0) is 11.3 Å². The quantitative estimate of drug-likeness (QED) is 0.883. The van der Waals surface area contributed by atoms with Gasteiger partial charge in [0.25, 0.3) is 0 Å². The fourth-order valence-electron chi connectivity index (χ4n) is 2.28. The summed E-state index contributed by atoms with van der Waals surface area (Å²) in [5, 5.41) is 15.1. The number of nitrogens with zero attached hydrogens (tertiary/aromatic N) is 2. The van der Waals surface area contributed by atoms with Crippen molar-refractivity contribution in [1.82, 2.24) is 15.2 Å². The predicted molar refractivity (Wildman–Crippen MR) is 74.5 cm³/mol. The van der Waals surface area contributed by atoms with Gasteiger partial charge in [-0.3, -0.25) is 9.69 Å². The number of aliphatic carboxylic acids is 1. The average molecular weight is 293 g/mol. The van der Waals surface area contributed by atoms with E-state index in [1.165, 1.54) is 11.3 Å². The molecule has 0 amide bonds. The first-order chi connectivity index (χ1) is 9.74. The van der Waals surface area contributed by atoms with Crippen LogP contribution in [0.2, 0.25) is 0 Å². The van der Waals surface area contributed by atoms with Gasteiger partial charge in [0.2, 0.25) is 0 Å². The lowest BCUT2D eigenvalue weighted by Crippen LogP contribution is -2.54. The van der Waals surface area contributed by atoms with Crippen molar-refractivity contribution >= 4 is 17.3 Å². The molecule has 7 heteroatoms. The molecule has 6 nitrogen and oxygen atoms in total. The molecule has 0 spiro atoms. The molecule has 0 saturated carbocycles. The van der Waals surface area contributed by atoms with Gasteiger partial charge in [-0.25, -0.2) is 4.98 Å². The maximum atomic E-state index is 11.2. The highest BCUT2D eigenvalue weighted by atomic mass is 32.1. The van der Waals surface area contributed by atoms with Gasteiger partial charge in [-0.05, 0) is 12.1 Å². The van der Waals surface area contributed by atoms with Gasteiger partial charge in [0.05, 0.1) is 12.0 Å². The second kappa shape index (κ2) is 5.74. The molecule has 1 unspecified atom stereocenters. The van der Waals surface area contributed by atoms with Crippen molar-refractivity contribution in [3.8, 4) is 10.8 Å². The SMILES string of the molecule is O=C(O)C1CNCCN1Cc1csc(-c2ccco2)n1. The molecule has 106 valence electrons. The molecule has 3 heterocycles. The van der Waals surface area contributed by atoms with Crippen molar-refractivity contribution in [2.24, 2.45) is 0 Å². The standard InChI is InChI=1S/C13H15N3O3S/c17-13(18)10-6-14-3-4-16(10)7-9-8-20-12(15-9)11-2-1-5-19-11/h1-2,5,8,10,14H,3-4,6-7H2,(H,17,18). The number of piperazine rings is 1. The van der Waals surface area contributed by atoms with Crippen LogP contribution in [-0.4, -0.2) is 46.6 Å². The van der Waals surface area contributed by atoms with Gasteiger partial charge in [-0.1, -0.05) is 0 Å². The summed E-state index contributed by atoms with van der Waals surface area (Å²) >= 11 is 1.51. The summed E-state index contributed by atoms with van der Waals surface area (Å²) in [7, 11) is 0. The van der Waals surface area contributed by atoms with Crippen molar-refractivity contribution < 1.29 is 14.3 Å². The molecule has 0 aromatic carbocycles. The Morgan fingerprint density at radius 1 is 1.65 bits per heavy atom. The second-order valence-electron chi connectivity index (χ2n) is 4.65. The van der Waals surface area contributed by atoms with E-state index in [-0.39, 0.29) is 0 Å². The molecule has 1 aliphatic rings. The molecule has 3 rings (SSSR count). The van der Waals surface area contributed by atoms with Crippen molar-refractivity contribution in [2.45, 2.75) is 12.6 Å². The molecule has 20 heavy (non-hydrogen) atoms. The minimum atomic E-state index is -0.793. The highest BCUT2D eigenvalue weighted by molar-refractivity contribution is 7.13. The van der Waals surface area contributed by atoms with Crippen LogP contribution in [0.15, 0.2) is 28.2 Å². The molecule has 1 atom stereocenters. The molecule has 1 aliphatic heterocycles. The molecule has 2 aromatic rings. The van der Waals surface area contributed by atoms with E-state index in [1.807, 2.05) is 22.4 Å². The Bertz CT molecular complexity index is 581. The van der Waals surface area contributed by atoms with Gasteiger partial charge in [0.1, 0.15) is 6.04 Å². The minimum absolute atomic E-state index is 0.477. The normalized spacial score (nSPS) is 20.1. The highest BCUT2D eigenvalue weighted by Crippen LogP contribution is 2.24. The Hall–Kier alpha value is -1.70. The summed E-state index contributed by atoms with van der Waals surface area (Å²) in [6.07, 6.45) is 1.62. The van der Waals surface area contributed by atoms with Crippen LogP contribution in [0.3, 0.4) is 0 Å². The van der Waals surface area contributed by atoms with Gasteiger partial charge in [0, 0.05) is 31.6 Å². The molecule has 0 aliphatic carbocycles. The second-order valence-corrected chi connectivity index (χ2v) is 5.51. The van der Waals surface area contributed by atoms with Crippen LogP contribution in [0.25, 0.3) is 10.8 Å². The van der Waals surface area contributed by atoms with Crippen LogP contribution >= 0.6 is 11.3 Å². The monoisotopic (exact) mass is 293 g/mol. The van der Waals surface area contributed by atoms with Crippen molar-refractivity contribution in [3.63, 3.8) is 0 Å². The number of hydrogen-bond acceptors (Lipinski definition) is 6. The van der Waals surface area contributed by atoms with E-state index >= 15 is 0 Å². The topological polar surface area (TPSA) is 78.6 Å². The zero-order chi connectivity index (χ0) is 13.9. The first-order valence-corrected chi connectivity index (χ1v) is 7.28. The maximum absolute atomic E-state index is 11.2. The van der Waals surface area contributed by atoms with Crippen molar-refractivity contribution in [2.75, 3.05) is 19.6 Å². The lowest BCUT2D eigenvalue weighted by Gasteiger charge is -2.32. The number of aromatic nitrogens is 1. The summed E-state index contributed by atoms with van der Waals surface area (Å²) in [6, 6.07) is 3.21. The number of nitrogens with one attached hydrogen (secondary N) is 1. The first-order valence-electron chi connectivity index (χ1n) is 6.40. The van der Waals surface area contributed by atoms with Crippen LogP contribution in [0, 0.1) is 0 Å². The highest BCUT2D eigenvalue weighted by Gasteiger charge is 2.28. The Balaban J connectivity index is 1.72.